The Morgan fingerprint density at radius 1 is 1.23 bits per heavy atom. The fourth-order valence-electron chi connectivity index (χ4n) is 6.01. The van der Waals surface area contributed by atoms with Crippen LogP contribution in [0.2, 0.25) is 0 Å². The molecule has 3 heterocycles. The molecule has 5 rings (SSSR count). The molecule has 0 saturated carbocycles. The molecule has 0 aliphatic carbocycles. The molecule has 1 aromatic heterocycles. The predicted octanol–water partition coefficient (Wildman–Crippen LogP) is 4.59. The maximum absolute atomic E-state index is 14.4. The van der Waals surface area contributed by atoms with Gasteiger partial charge in [-0.3, -0.25) is 14.4 Å². The number of rotatable bonds is 7. The zero-order chi connectivity index (χ0) is 27.9. The van der Waals surface area contributed by atoms with Gasteiger partial charge in [-0.15, -0.1) is 0 Å². The van der Waals surface area contributed by atoms with E-state index in [1.165, 1.54) is 21.9 Å². The van der Waals surface area contributed by atoms with E-state index in [2.05, 4.69) is 16.4 Å². The van der Waals surface area contributed by atoms with Gasteiger partial charge in [0.05, 0.1) is 11.5 Å². The summed E-state index contributed by atoms with van der Waals surface area (Å²) >= 11 is 0. The molecule has 1 fully saturated rings. The first-order chi connectivity index (χ1) is 18.7. The monoisotopic (exact) mass is 529 g/mol. The maximum Gasteiger partial charge on any atom is 0.270 e. The van der Waals surface area contributed by atoms with E-state index in [1.807, 2.05) is 45.0 Å². The van der Waals surface area contributed by atoms with E-state index in [0.29, 0.717) is 36.0 Å². The van der Waals surface area contributed by atoms with E-state index in [-0.39, 0.29) is 36.4 Å². The lowest BCUT2D eigenvalue weighted by molar-refractivity contribution is -0.137. The van der Waals surface area contributed by atoms with Crippen molar-refractivity contribution in [2.45, 2.75) is 57.5 Å². The first-order valence-corrected chi connectivity index (χ1v) is 13.4. The lowest BCUT2D eigenvalue weighted by Crippen LogP contribution is -2.53. The number of H-pyrrole nitrogens is 1. The Morgan fingerprint density at radius 2 is 2.00 bits per heavy atom. The Hall–Kier alpha value is -4.19. The highest BCUT2D eigenvalue weighted by Crippen LogP contribution is 2.46. The van der Waals surface area contributed by atoms with Crippen LogP contribution in [0.15, 0.2) is 48.5 Å². The van der Waals surface area contributed by atoms with Crippen molar-refractivity contribution in [3.63, 3.8) is 0 Å². The van der Waals surface area contributed by atoms with Crippen molar-refractivity contribution in [3.05, 3.63) is 65.6 Å². The Bertz CT molecular complexity index is 1490. The highest BCUT2D eigenvalue weighted by atomic mass is 19.1. The van der Waals surface area contributed by atoms with Gasteiger partial charge in [-0.1, -0.05) is 45.0 Å². The molecule has 1 saturated heterocycles. The summed E-state index contributed by atoms with van der Waals surface area (Å²) in [5, 5.41) is 13.3. The average molecular weight is 530 g/mol. The standard InChI is InChI=1S/C30H32FN5O3/c1-4-12-35(27(37)25-14-20-22(31)9-7-11-23(20)33-25)26(13-18(2)3)28(38)36-17-30(15-19(36)16-32)21-8-5-6-10-24(21)34-29(30)39/h5-11,14,18-19,26,33H,4,12-13,15,17H2,1-3H3,(H,34,39)/t19-,26-,30-/m0/s1. The molecule has 2 aromatic carbocycles. The minimum atomic E-state index is -1.01. The molecule has 8 nitrogen and oxygen atoms in total. The van der Waals surface area contributed by atoms with Crippen molar-refractivity contribution in [3.8, 4) is 6.07 Å². The number of carbonyl (C=O) groups excluding carboxylic acids is 3. The van der Waals surface area contributed by atoms with Crippen molar-refractivity contribution < 1.29 is 18.8 Å². The van der Waals surface area contributed by atoms with Crippen LogP contribution in [-0.4, -0.2) is 57.7 Å². The van der Waals surface area contributed by atoms with Crippen LogP contribution in [0.25, 0.3) is 10.9 Å². The van der Waals surface area contributed by atoms with Gasteiger partial charge < -0.3 is 20.1 Å². The van der Waals surface area contributed by atoms with Crippen LogP contribution in [0.3, 0.4) is 0 Å². The van der Waals surface area contributed by atoms with Gasteiger partial charge in [0.25, 0.3) is 5.91 Å². The third kappa shape index (κ3) is 4.44. The second kappa shape index (κ2) is 10.2. The minimum absolute atomic E-state index is 0.0628. The number of halogens is 1. The molecule has 202 valence electrons. The second-order valence-corrected chi connectivity index (χ2v) is 10.9. The lowest BCUT2D eigenvalue weighted by atomic mass is 9.80. The maximum atomic E-state index is 14.4. The summed E-state index contributed by atoms with van der Waals surface area (Å²) in [5.41, 5.74) is 1.17. The van der Waals surface area contributed by atoms with Crippen molar-refractivity contribution in [2.75, 3.05) is 18.4 Å². The number of fused-ring (bicyclic) bond motifs is 3. The summed E-state index contributed by atoms with van der Waals surface area (Å²) in [6, 6.07) is 14.0. The molecule has 3 atom stereocenters. The molecule has 39 heavy (non-hydrogen) atoms. The van der Waals surface area contributed by atoms with Crippen LogP contribution in [0.5, 0.6) is 0 Å². The number of amides is 3. The molecule has 3 amide bonds. The fourth-order valence-corrected chi connectivity index (χ4v) is 6.01. The molecular weight excluding hydrogens is 497 g/mol. The number of likely N-dealkylation sites (tertiary alicyclic amines) is 1. The quantitative estimate of drug-likeness (QED) is 0.467. The van der Waals surface area contributed by atoms with Gasteiger partial charge in [0.2, 0.25) is 11.8 Å². The molecule has 0 unspecified atom stereocenters. The fraction of sp³-hybridized carbons (Fsp3) is 0.400. The van der Waals surface area contributed by atoms with Crippen molar-refractivity contribution in [1.29, 1.82) is 5.26 Å². The van der Waals surface area contributed by atoms with Gasteiger partial charge in [0.15, 0.2) is 0 Å². The SMILES string of the molecule is CCCN(C(=O)c1cc2c(F)cccc2[nH]1)[C@@H](CC(C)C)C(=O)N1C[C@]2(C[C@H]1C#N)C(=O)Nc1ccccc12. The van der Waals surface area contributed by atoms with Crippen LogP contribution in [0.4, 0.5) is 10.1 Å². The highest BCUT2D eigenvalue weighted by Gasteiger charge is 2.56. The van der Waals surface area contributed by atoms with E-state index < -0.39 is 29.2 Å². The summed E-state index contributed by atoms with van der Waals surface area (Å²) in [7, 11) is 0. The summed E-state index contributed by atoms with van der Waals surface area (Å²) in [6.07, 6.45) is 1.17. The summed E-state index contributed by atoms with van der Waals surface area (Å²) < 4.78 is 14.4. The second-order valence-electron chi connectivity index (χ2n) is 10.9. The molecular formula is C30H32FN5O3. The average Bonchev–Trinajstić information content (AvgIpc) is 3.60. The zero-order valence-electron chi connectivity index (χ0n) is 22.3. The lowest BCUT2D eigenvalue weighted by Gasteiger charge is -2.35. The van der Waals surface area contributed by atoms with E-state index in [4.69, 9.17) is 0 Å². The number of nitrogens with one attached hydrogen (secondary N) is 2. The van der Waals surface area contributed by atoms with Gasteiger partial charge in [-0.2, -0.15) is 5.26 Å². The molecule has 9 heteroatoms. The number of benzene rings is 2. The van der Waals surface area contributed by atoms with E-state index in [1.54, 1.807) is 12.1 Å². The third-order valence-corrected chi connectivity index (χ3v) is 7.84. The van der Waals surface area contributed by atoms with Gasteiger partial charge in [-0.05, 0) is 48.6 Å². The number of hydrogen-bond acceptors (Lipinski definition) is 4. The Labute approximate surface area is 226 Å². The topological polar surface area (TPSA) is 109 Å². The Morgan fingerprint density at radius 3 is 2.69 bits per heavy atom. The normalized spacial score (nSPS) is 20.8. The van der Waals surface area contributed by atoms with Gasteiger partial charge in [0, 0.05) is 36.1 Å². The van der Waals surface area contributed by atoms with Gasteiger partial charge >= 0.3 is 0 Å². The first-order valence-electron chi connectivity index (χ1n) is 13.4. The van der Waals surface area contributed by atoms with Crippen LogP contribution >= 0.6 is 0 Å². The molecule has 0 radical (unpaired) electrons. The van der Waals surface area contributed by atoms with Crippen LogP contribution in [-0.2, 0) is 15.0 Å². The van der Waals surface area contributed by atoms with E-state index in [9.17, 15) is 24.0 Å². The molecule has 3 aromatic rings. The summed E-state index contributed by atoms with van der Waals surface area (Å²) in [5.74, 6) is -1.35. The molecule has 0 bridgehead atoms. The smallest absolute Gasteiger partial charge is 0.270 e. The van der Waals surface area contributed by atoms with Crippen molar-refractivity contribution in [1.82, 2.24) is 14.8 Å². The number of aromatic nitrogens is 1. The summed E-state index contributed by atoms with van der Waals surface area (Å²) in [6.45, 7) is 6.24. The third-order valence-electron chi connectivity index (χ3n) is 7.84. The van der Waals surface area contributed by atoms with Gasteiger partial charge in [-0.25, -0.2) is 4.39 Å². The Kier molecular flexibility index (Phi) is 6.89. The molecule has 2 aliphatic rings. The number of anilines is 1. The van der Waals surface area contributed by atoms with Crippen molar-refractivity contribution >= 4 is 34.3 Å². The molecule has 2 N–H and O–H groups in total. The van der Waals surface area contributed by atoms with Gasteiger partial charge in [0.1, 0.15) is 23.6 Å². The number of nitrogens with zero attached hydrogens (tertiary/aromatic N) is 3. The summed E-state index contributed by atoms with van der Waals surface area (Å²) in [4.78, 5) is 47.4. The first kappa shape index (κ1) is 26.4. The Balaban J connectivity index is 1.51. The van der Waals surface area contributed by atoms with E-state index >= 15 is 0 Å². The largest absolute Gasteiger partial charge is 0.350 e. The number of aromatic amines is 1. The highest BCUT2D eigenvalue weighted by molar-refractivity contribution is 6.07. The van der Waals surface area contributed by atoms with E-state index in [0.717, 1.165) is 5.56 Å². The number of carbonyl (C=O) groups is 3. The van der Waals surface area contributed by atoms with Crippen molar-refractivity contribution in [2.24, 2.45) is 5.92 Å². The predicted molar refractivity (Wildman–Crippen MR) is 145 cm³/mol. The zero-order valence-corrected chi connectivity index (χ0v) is 22.3. The van der Waals surface area contributed by atoms with Crippen LogP contribution in [0.1, 0.15) is 56.1 Å². The van der Waals surface area contributed by atoms with Crippen LogP contribution in [0, 0.1) is 23.1 Å². The minimum Gasteiger partial charge on any atom is -0.350 e. The number of hydrogen-bond donors (Lipinski definition) is 2. The van der Waals surface area contributed by atoms with Crippen LogP contribution < -0.4 is 5.32 Å². The molecule has 1 spiro atoms. The number of para-hydroxylation sites is 1. The molecule has 2 aliphatic heterocycles. The number of nitriles is 1.